The van der Waals surface area contributed by atoms with Crippen molar-refractivity contribution in [2.45, 2.75) is 39.0 Å². The molecule has 9 nitrogen and oxygen atoms in total. The van der Waals surface area contributed by atoms with Crippen molar-refractivity contribution in [2.75, 3.05) is 13.6 Å². The monoisotopic (exact) mass is 343 g/mol. The Labute approximate surface area is 139 Å². The molecule has 3 amide bonds. The third-order valence-corrected chi connectivity index (χ3v) is 2.97. The lowest BCUT2D eigenvalue weighted by Crippen LogP contribution is -2.53. The second-order valence-electron chi connectivity index (χ2n) is 4.99. The predicted octanol–water partition coefficient (Wildman–Crippen LogP) is -1.39. The zero-order valence-electron chi connectivity index (χ0n) is 13.6. The molecule has 2 N–H and O–H groups in total. The number of rotatable bonds is 9. The van der Waals surface area contributed by atoms with Crippen molar-refractivity contribution in [3.05, 3.63) is 0 Å². The van der Waals surface area contributed by atoms with E-state index >= 15 is 0 Å². The van der Waals surface area contributed by atoms with Gasteiger partial charge in [0.05, 0.1) is 13.0 Å². The van der Waals surface area contributed by atoms with E-state index in [-0.39, 0.29) is 6.42 Å². The first-order valence-corrected chi connectivity index (χ1v) is 6.98. The Morgan fingerprint density at radius 1 is 1.25 bits per heavy atom. The molecule has 0 spiro atoms. The molecule has 0 fully saturated rings. The van der Waals surface area contributed by atoms with Gasteiger partial charge in [-0.15, -0.1) is 0 Å². The lowest BCUT2D eigenvalue weighted by atomic mass is 10.1. The van der Waals surface area contributed by atoms with Gasteiger partial charge in [0.2, 0.25) is 32.0 Å². The normalized spacial score (nSPS) is 12.7. The fraction of sp³-hybridized carbons (Fsp3) is 0.615. The molecule has 24 heavy (non-hydrogen) atoms. The number of nitrogens with one attached hydrogen (secondary N) is 1. The minimum absolute atomic E-state index is 0.0478. The number of Topliss-reactive ketones (excluding diaryl/α,β-unsaturated/α-hetero) is 1. The Bertz CT molecular complexity index is 530. The fourth-order valence-electron chi connectivity index (χ4n) is 1.69. The molecule has 0 aromatic carbocycles. The van der Waals surface area contributed by atoms with Crippen LogP contribution in [-0.4, -0.2) is 78.2 Å². The zero-order chi connectivity index (χ0) is 19.0. The summed E-state index contributed by atoms with van der Waals surface area (Å²) in [7, 11) is 6.30. The summed E-state index contributed by atoms with van der Waals surface area (Å²) < 4.78 is 13.6. The molecule has 0 aromatic heterocycles. The first-order valence-electron chi connectivity index (χ1n) is 6.98. The van der Waals surface area contributed by atoms with Crippen LogP contribution in [0.1, 0.15) is 26.7 Å². The summed E-state index contributed by atoms with van der Waals surface area (Å²) in [5.41, 5.74) is 0. The highest BCUT2D eigenvalue weighted by Crippen LogP contribution is 2.06. The SMILES string of the molecule is [B]N(CC(=O)NC(CC(=O)O)C(=O)N(C)C(F)C(C)=O)C(=O)CC. The number of nitrogens with zero attached hydrogens (tertiary/aromatic N) is 2. The zero-order valence-corrected chi connectivity index (χ0v) is 13.6. The first-order chi connectivity index (χ1) is 11.0. The number of ketones is 1. The summed E-state index contributed by atoms with van der Waals surface area (Å²) in [4.78, 5) is 58.0. The maximum absolute atomic E-state index is 13.6. The fourth-order valence-corrected chi connectivity index (χ4v) is 1.69. The van der Waals surface area contributed by atoms with Crippen molar-refractivity contribution in [3.8, 4) is 0 Å². The van der Waals surface area contributed by atoms with Crippen molar-refractivity contribution in [1.29, 1.82) is 0 Å². The number of alkyl halides is 1. The largest absolute Gasteiger partial charge is 0.481 e. The van der Waals surface area contributed by atoms with E-state index in [0.29, 0.717) is 9.71 Å². The highest BCUT2D eigenvalue weighted by Gasteiger charge is 2.32. The topological polar surface area (TPSA) is 124 Å². The van der Waals surface area contributed by atoms with E-state index in [9.17, 15) is 28.4 Å². The van der Waals surface area contributed by atoms with Crippen LogP contribution in [0.5, 0.6) is 0 Å². The van der Waals surface area contributed by atoms with Gasteiger partial charge in [0.15, 0.2) is 5.78 Å². The third-order valence-electron chi connectivity index (χ3n) is 2.97. The van der Waals surface area contributed by atoms with Crippen LogP contribution in [0.15, 0.2) is 0 Å². The molecule has 0 aromatic rings. The second kappa shape index (κ2) is 9.63. The Kier molecular flexibility index (Phi) is 8.65. The molecule has 2 unspecified atom stereocenters. The van der Waals surface area contributed by atoms with Gasteiger partial charge in [0, 0.05) is 13.5 Å². The van der Waals surface area contributed by atoms with Gasteiger partial charge in [-0.3, -0.25) is 24.0 Å². The molecule has 0 saturated heterocycles. The summed E-state index contributed by atoms with van der Waals surface area (Å²) in [6.07, 6.45) is -3.05. The van der Waals surface area contributed by atoms with Crippen molar-refractivity contribution >= 4 is 37.5 Å². The molecule has 0 aliphatic carbocycles. The average Bonchev–Trinajstić information content (AvgIpc) is 2.50. The first kappa shape index (κ1) is 21.5. The summed E-state index contributed by atoms with van der Waals surface area (Å²) in [6.45, 7) is 1.84. The van der Waals surface area contributed by atoms with Crippen molar-refractivity contribution in [2.24, 2.45) is 0 Å². The number of carboxylic acid groups (broad SMARTS) is 1. The number of amides is 3. The third kappa shape index (κ3) is 6.76. The summed E-state index contributed by atoms with van der Waals surface area (Å²) >= 11 is 0. The molecule has 0 heterocycles. The van der Waals surface area contributed by atoms with Gasteiger partial charge in [0.1, 0.15) is 6.04 Å². The molecule has 132 valence electrons. The number of hydrogen-bond acceptors (Lipinski definition) is 5. The average molecular weight is 343 g/mol. The van der Waals surface area contributed by atoms with E-state index in [1.165, 1.54) is 6.92 Å². The van der Waals surface area contributed by atoms with Crippen LogP contribution in [0.3, 0.4) is 0 Å². The van der Waals surface area contributed by atoms with Crippen molar-refractivity contribution in [3.63, 3.8) is 0 Å². The van der Waals surface area contributed by atoms with Crippen molar-refractivity contribution < 1.29 is 33.5 Å². The number of hydrogen-bond donors (Lipinski definition) is 2. The second-order valence-corrected chi connectivity index (χ2v) is 4.99. The maximum atomic E-state index is 13.6. The molecule has 0 rings (SSSR count). The van der Waals surface area contributed by atoms with Gasteiger partial charge in [-0.2, -0.15) is 0 Å². The van der Waals surface area contributed by atoms with E-state index in [4.69, 9.17) is 13.1 Å². The smallest absolute Gasteiger partial charge is 0.305 e. The highest BCUT2D eigenvalue weighted by molar-refractivity contribution is 6.15. The molecule has 0 aliphatic rings. The van der Waals surface area contributed by atoms with Crippen LogP contribution in [0, 0.1) is 0 Å². The van der Waals surface area contributed by atoms with Crippen LogP contribution in [0.2, 0.25) is 0 Å². The molecule has 2 atom stereocenters. The number of carbonyl (C=O) groups is 5. The lowest BCUT2D eigenvalue weighted by molar-refractivity contribution is -0.148. The molecular formula is C13H19BFN3O6. The Morgan fingerprint density at radius 2 is 1.79 bits per heavy atom. The number of halogens is 1. The Balaban J connectivity index is 5.04. The van der Waals surface area contributed by atoms with Gasteiger partial charge in [0.25, 0.3) is 0 Å². The quantitative estimate of drug-likeness (QED) is 0.392. The minimum atomic E-state index is -2.27. The molecule has 11 heteroatoms. The molecule has 2 radical (unpaired) electrons. The van der Waals surface area contributed by atoms with Gasteiger partial charge in [-0.1, -0.05) is 6.92 Å². The van der Waals surface area contributed by atoms with Crippen LogP contribution in [0.4, 0.5) is 4.39 Å². The number of carboxylic acids is 1. The van der Waals surface area contributed by atoms with Gasteiger partial charge in [-0.05, 0) is 6.92 Å². The van der Waals surface area contributed by atoms with Crippen molar-refractivity contribution in [1.82, 2.24) is 15.0 Å². The summed E-state index contributed by atoms with van der Waals surface area (Å²) in [6, 6.07) is -1.61. The van der Waals surface area contributed by atoms with Crippen LogP contribution < -0.4 is 5.32 Å². The molecule has 0 aliphatic heterocycles. The maximum Gasteiger partial charge on any atom is 0.305 e. The number of carbonyl (C=O) groups excluding carboxylic acids is 4. The van der Waals surface area contributed by atoms with Gasteiger partial charge in [-0.25, -0.2) is 4.39 Å². The van der Waals surface area contributed by atoms with Crippen LogP contribution in [-0.2, 0) is 24.0 Å². The summed E-state index contributed by atoms with van der Waals surface area (Å²) in [5, 5.41) is 10.9. The molecule has 0 saturated carbocycles. The number of likely N-dealkylation sites (N-methyl/N-ethyl adjacent to an activating group) is 1. The summed E-state index contributed by atoms with van der Waals surface area (Å²) in [5.74, 6) is -4.91. The lowest BCUT2D eigenvalue weighted by Gasteiger charge is -2.26. The van der Waals surface area contributed by atoms with E-state index in [0.717, 1.165) is 14.0 Å². The Morgan fingerprint density at radius 3 is 2.21 bits per heavy atom. The molecular weight excluding hydrogens is 324 g/mol. The number of aliphatic carboxylic acids is 1. The van der Waals surface area contributed by atoms with E-state index < -0.39 is 54.8 Å². The standard InChI is InChI=1S/C13H19BFN3O6/c1-4-10(21)18(14)6-9(20)16-8(5-11(22)23)13(24)17(3)12(15)7(2)19/h8,12H,4-6H2,1-3H3,(H,16,20)(H,22,23). The van der Waals surface area contributed by atoms with E-state index in [2.05, 4.69) is 5.32 Å². The predicted molar refractivity (Wildman–Crippen MR) is 80.3 cm³/mol. The van der Waals surface area contributed by atoms with Gasteiger partial charge < -0.3 is 20.1 Å². The minimum Gasteiger partial charge on any atom is -0.481 e. The van der Waals surface area contributed by atoms with E-state index in [1.54, 1.807) is 0 Å². The van der Waals surface area contributed by atoms with Crippen LogP contribution in [0.25, 0.3) is 0 Å². The van der Waals surface area contributed by atoms with E-state index in [1.807, 2.05) is 0 Å². The van der Waals surface area contributed by atoms with Crippen LogP contribution >= 0.6 is 0 Å². The molecule has 0 bridgehead atoms. The highest BCUT2D eigenvalue weighted by atomic mass is 19.1. The Hall–Kier alpha value is -2.46. The van der Waals surface area contributed by atoms with Gasteiger partial charge >= 0.3 is 5.97 Å².